The zero-order chi connectivity index (χ0) is 8.55. The van der Waals surface area contributed by atoms with Crippen molar-refractivity contribution in [1.29, 1.82) is 0 Å². The zero-order valence-electron chi connectivity index (χ0n) is 6.47. The van der Waals surface area contributed by atoms with Crippen molar-refractivity contribution in [3.63, 3.8) is 0 Å². The highest BCUT2D eigenvalue weighted by Gasteiger charge is 2.04. The van der Waals surface area contributed by atoms with Gasteiger partial charge < -0.3 is 9.72 Å². The van der Waals surface area contributed by atoms with Crippen LogP contribution in [-0.4, -0.2) is 17.1 Å². The summed E-state index contributed by atoms with van der Waals surface area (Å²) in [5.41, 5.74) is 0.779. The van der Waals surface area contributed by atoms with E-state index in [0.717, 1.165) is 11.0 Å². The summed E-state index contributed by atoms with van der Waals surface area (Å²) < 4.78 is 5.01. The van der Waals surface area contributed by atoms with Gasteiger partial charge in [-0.25, -0.2) is 4.98 Å². The molecule has 0 radical (unpaired) electrons. The third-order valence-electron chi connectivity index (χ3n) is 1.68. The molecule has 0 unspecified atom stereocenters. The second-order valence-electron chi connectivity index (χ2n) is 2.40. The maximum Gasteiger partial charge on any atom is 0.173 e. The van der Waals surface area contributed by atoms with Gasteiger partial charge in [0, 0.05) is 11.6 Å². The van der Waals surface area contributed by atoms with Crippen LogP contribution in [0.4, 0.5) is 0 Å². The van der Waals surface area contributed by atoms with E-state index < -0.39 is 0 Å². The summed E-state index contributed by atoms with van der Waals surface area (Å²) in [5.74, 6) is 0.601. The van der Waals surface area contributed by atoms with Gasteiger partial charge in [-0.15, -0.1) is 0 Å². The number of nitrogens with zero attached hydrogens (tertiary/aromatic N) is 1. The van der Waals surface area contributed by atoms with Crippen molar-refractivity contribution in [2.45, 2.75) is 0 Å². The van der Waals surface area contributed by atoms with E-state index in [-0.39, 0.29) is 0 Å². The molecule has 0 saturated carbocycles. The lowest BCUT2D eigenvalue weighted by molar-refractivity contribution is 0.414. The fourth-order valence-electron chi connectivity index (χ4n) is 1.08. The van der Waals surface area contributed by atoms with Crippen molar-refractivity contribution >= 4 is 22.6 Å². The summed E-state index contributed by atoms with van der Waals surface area (Å²) in [5, 5.41) is 1.38. The fraction of sp³-hybridized carbons (Fsp3) is 0.125. The molecule has 2 aromatic heterocycles. The highest BCUT2D eigenvalue weighted by atomic mass is 35.5. The quantitative estimate of drug-likeness (QED) is 0.687. The van der Waals surface area contributed by atoms with Gasteiger partial charge in [-0.2, -0.15) is 0 Å². The number of fused-ring (bicyclic) bond motifs is 1. The lowest BCUT2D eigenvalue weighted by Gasteiger charge is -2.00. The molecule has 2 rings (SSSR count). The van der Waals surface area contributed by atoms with Crippen molar-refractivity contribution in [2.24, 2.45) is 0 Å². The van der Waals surface area contributed by atoms with Crippen molar-refractivity contribution in [1.82, 2.24) is 9.97 Å². The maximum absolute atomic E-state index is 5.80. The molecule has 0 saturated heterocycles. The standard InChI is InChI=1S/C8H7ClN2O/c1-12-6-4-5-2-3-10-8(5)11-7(6)9/h2-4H,1H3,(H,10,11). The van der Waals surface area contributed by atoms with Gasteiger partial charge in [0.25, 0.3) is 0 Å². The molecule has 62 valence electrons. The smallest absolute Gasteiger partial charge is 0.173 e. The van der Waals surface area contributed by atoms with E-state index in [9.17, 15) is 0 Å². The maximum atomic E-state index is 5.80. The second-order valence-corrected chi connectivity index (χ2v) is 2.75. The number of hydrogen-bond acceptors (Lipinski definition) is 2. The highest BCUT2D eigenvalue weighted by molar-refractivity contribution is 6.31. The summed E-state index contributed by atoms with van der Waals surface area (Å²) >= 11 is 5.80. The largest absolute Gasteiger partial charge is 0.494 e. The van der Waals surface area contributed by atoms with Gasteiger partial charge in [0.1, 0.15) is 5.65 Å². The number of ether oxygens (including phenoxy) is 1. The summed E-state index contributed by atoms with van der Waals surface area (Å²) in [6, 6.07) is 3.77. The number of aromatic amines is 1. The van der Waals surface area contributed by atoms with E-state index in [4.69, 9.17) is 16.3 Å². The van der Waals surface area contributed by atoms with Crippen molar-refractivity contribution < 1.29 is 4.74 Å². The molecule has 3 nitrogen and oxygen atoms in total. The Morgan fingerprint density at radius 1 is 1.58 bits per heavy atom. The molecule has 2 heterocycles. The normalized spacial score (nSPS) is 10.5. The van der Waals surface area contributed by atoms with Crippen molar-refractivity contribution in [3.05, 3.63) is 23.5 Å². The van der Waals surface area contributed by atoms with E-state index >= 15 is 0 Å². The number of rotatable bonds is 1. The molecule has 0 aliphatic rings. The molecule has 12 heavy (non-hydrogen) atoms. The van der Waals surface area contributed by atoms with E-state index in [1.165, 1.54) is 0 Å². The Balaban J connectivity index is 2.73. The van der Waals surface area contributed by atoms with E-state index in [2.05, 4.69) is 9.97 Å². The average Bonchev–Trinajstić information content (AvgIpc) is 2.49. The van der Waals surface area contributed by atoms with Gasteiger partial charge in [0.15, 0.2) is 10.9 Å². The monoisotopic (exact) mass is 182 g/mol. The van der Waals surface area contributed by atoms with Crippen LogP contribution in [0.5, 0.6) is 5.75 Å². The molecule has 0 fully saturated rings. The number of nitrogens with one attached hydrogen (secondary N) is 1. The number of halogens is 1. The molecule has 0 aliphatic carbocycles. The lowest BCUT2D eigenvalue weighted by atomic mass is 10.3. The van der Waals surface area contributed by atoms with Gasteiger partial charge in [-0.1, -0.05) is 11.6 Å². The van der Waals surface area contributed by atoms with E-state index in [1.807, 2.05) is 18.3 Å². The first-order valence-electron chi connectivity index (χ1n) is 3.49. The first kappa shape index (κ1) is 7.43. The third kappa shape index (κ3) is 1.02. The molecule has 0 bridgehead atoms. The van der Waals surface area contributed by atoms with Crippen LogP contribution in [0.3, 0.4) is 0 Å². The summed E-state index contributed by atoms with van der Waals surface area (Å²) in [6.45, 7) is 0. The van der Waals surface area contributed by atoms with Crippen LogP contribution < -0.4 is 4.74 Å². The van der Waals surface area contributed by atoms with Crippen molar-refractivity contribution in [2.75, 3.05) is 7.11 Å². The lowest BCUT2D eigenvalue weighted by Crippen LogP contribution is -1.86. The molecule has 1 N–H and O–H groups in total. The minimum Gasteiger partial charge on any atom is -0.494 e. The molecular formula is C8H7ClN2O. The zero-order valence-corrected chi connectivity index (χ0v) is 7.22. The SMILES string of the molecule is COc1cc2cc[nH]c2nc1Cl. The fourth-order valence-corrected chi connectivity index (χ4v) is 1.30. The van der Waals surface area contributed by atoms with Crippen LogP contribution in [0, 0.1) is 0 Å². The molecule has 0 aromatic carbocycles. The average molecular weight is 183 g/mol. The first-order chi connectivity index (χ1) is 5.81. The van der Waals surface area contributed by atoms with Crippen LogP contribution in [-0.2, 0) is 0 Å². The van der Waals surface area contributed by atoms with Crippen LogP contribution in [0.15, 0.2) is 18.3 Å². The Labute approximate surface area is 74.3 Å². The van der Waals surface area contributed by atoms with Gasteiger partial charge in [-0.05, 0) is 12.1 Å². The van der Waals surface area contributed by atoms with E-state index in [0.29, 0.717) is 10.9 Å². The van der Waals surface area contributed by atoms with Crippen molar-refractivity contribution in [3.8, 4) is 5.75 Å². The van der Waals surface area contributed by atoms with Crippen LogP contribution in [0.1, 0.15) is 0 Å². The predicted octanol–water partition coefficient (Wildman–Crippen LogP) is 2.22. The summed E-state index contributed by atoms with van der Waals surface area (Å²) in [7, 11) is 1.57. The van der Waals surface area contributed by atoms with Crippen LogP contribution >= 0.6 is 11.6 Å². The number of methoxy groups -OCH3 is 1. The Hall–Kier alpha value is -1.22. The molecule has 0 aliphatic heterocycles. The van der Waals surface area contributed by atoms with Gasteiger partial charge in [0.05, 0.1) is 7.11 Å². The Morgan fingerprint density at radius 2 is 2.42 bits per heavy atom. The van der Waals surface area contributed by atoms with Gasteiger partial charge in [0.2, 0.25) is 0 Å². The van der Waals surface area contributed by atoms with Crippen LogP contribution in [0.25, 0.3) is 11.0 Å². The number of pyridine rings is 1. The minimum atomic E-state index is 0.382. The first-order valence-corrected chi connectivity index (χ1v) is 3.86. The Kier molecular flexibility index (Phi) is 1.66. The molecule has 4 heteroatoms. The topological polar surface area (TPSA) is 37.9 Å². The molecule has 0 spiro atoms. The van der Waals surface area contributed by atoms with Crippen LogP contribution in [0.2, 0.25) is 5.15 Å². The highest BCUT2D eigenvalue weighted by Crippen LogP contribution is 2.25. The minimum absolute atomic E-state index is 0.382. The molecule has 2 aromatic rings. The van der Waals surface area contributed by atoms with Gasteiger partial charge in [-0.3, -0.25) is 0 Å². The van der Waals surface area contributed by atoms with Gasteiger partial charge >= 0.3 is 0 Å². The number of H-pyrrole nitrogens is 1. The number of aromatic nitrogens is 2. The second kappa shape index (κ2) is 2.68. The summed E-state index contributed by atoms with van der Waals surface area (Å²) in [4.78, 5) is 7.05. The Morgan fingerprint density at radius 3 is 3.17 bits per heavy atom. The third-order valence-corrected chi connectivity index (χ3v) is 1.95. The Bertz CT molecular complexity index is 410. The molecule has 0 amide bonds. The summed E-state index contributed by atoms with van der Waals surface area (Å²) in [6.07, 6.45) is 1.81. The van der Waals surface area contributed by atoms with E-state index in [1.54, 1.807) is 7.11 Å². The molecular weight excluding hydrogens is 176 g/mol. The molecule has 0 atom stereocenters. The predicted molar refractivity (Wildman–Crippen MR) is 47.7 cm³/mol. The number of hydrogen-bond donors (Lipinski definition) is 1.